The van der Waals surface area contributed by atoms with Crippen LogP contribution < -0.4 is 16.0 Å². The van der Waals surface area contributed by atoms with Crippen molar-refractivity contribution in [1.29, 1.82) is 0 Å². The first-order valence-electron chi connectivity index (χ1n) is 16.8. The fourth-order valence-corrected chi connectivity index (χ4v) is 7.57. The predicted octanol–water partition coefficient (Wildman–Crippen LogP) is 10.3. The molecule has 0 radical (unpaired) electrons. The first kappa shape index (κ1) is 27.9. The third-order valence-electron chi connectivity index (χ3n) is 9.94. The molecular formula is C44H32N4O. The van der Waals surface area contributed by atoms with Crippen LogP contribution in [-0.2, 0) is 0 Å². The van der Waals surface area contributed by atoms with Crippen molar-refractivity contribution in [2.75, 3.05) is 11.9 Å². The molecule has 3 N–H and O–H groups in total. The molecule has 0 amide bonds. The lowest BCUT2D eigenvalue weighted by Gasteiger charge is -2.33. The number of benzene rings is 7. The van der Waals surface area contributed by atoms with E-state index in [0.717, 1.165) is 62.4 Å². The van der Waals surface area contributed by atoms with Gasteiger partial charge in [-0.1, -0.05) is 133 Å². The van der Waals surface area contributed by atoms with Crippen LogP contribution in [0.4, 0.5) is 5.88 Å². The number of hydrogen-bond acceptors (Lipinski definition) is 5. The van der Waals surface area contributed by atoms with Crippen LogP contribution in [0, 0.1) is 0 Å². The van der Waals surface area contributed by atoms with Crippen LogP contribution in [0.5, 0.6) is 0 Å². The normalized spacial score (nSPS) is 17.2. The minimum Gasteiger partial charge on any atom is -0.440 e. The van der Waals surface area contributed by atoms with E-state index in [2.05, 4.69) is 168 Å². The minimum absolute atomic E-state index is 0.155. The van der Waals surface area contributed by atoms with Gasteiger partial charge in [-0.25, -0.2) is 4.99 Å². The van der Waals surface area contributed by atoms with Crippen molar-refractivity contribution >= 4 is 61.1 Å². The fraction of sp³-hybridized carbons (Fsp3) is 0.0682. The Hall–Kier alpha value is -6.17. The monoisotopic (exact) mass is 632 g/mol. The van der Waals surface area contributed by atoms with Gasteiger partial charge in [-0.05, 0) is 72.8 Å². The molecule has 0 saturated heterocycles. The molecule has 0 spiro atoms. The zero-order valence-electron chi connectivity index (χ0n) is 26.7. The van der Waals surface area contributed by atoms with Crippen molar-refractivity contribution in [3.05, 3.63) is 168 Å². The van der Waals surface area contributed by atoms with Gasteiger partial charge >= 0.3 is 0 Å². The van der Waals surface area contributed by atoms with E-state index in [0.29, 0.717) is 0 Å². The minimum atomic E-state index is -0.249. The second-order valence-corrected chi connectivity index (χ2v) is 12.9. The van der Waals surface area contributed by atoms with E-state index >= 15 is 0 Å². The molecule has 3 heterocycles. The summed E-state index contributed by atoms with van der Waals surface area (Å²) < 4.78 is 6.25. The van der Waals surface area contributed by atoms with Gasteiger partial charge in [0.25, 0.3) is 0 Å². The Balaban J connectivity index is 1.13. The van der Waals surface area contributed by atoms with Crippen LogP contribution in [0.1, 0.15) is 34.6 Å². The molecule has 2 unspecified atom stereocenters. The van der Waals surface area contributed by atoms with E-state index in [1.165, 1.54) is 32.5 Å². The molecule has 49 heavy (non-hydrogen) atoms. The third-order valence-corrected chi connectivity index (χ3v) is 9.94. The Bertz CT molecular complexity index is 2650. The lowest BCUT2D eigenvalue weighted by atomic mass is 9.92. The van der Waals surface area contributed by atoms with Gasteiger partial charge in [0.1, 0.15) is 23.8 Å². The van der Waals surface area contributed by atoms with Crippen LogP contribution in [0.15, 0.2) is 155 Å². The first-order valence-corrected chi connectivity index (χ1v) is 16.8. The zero-order valence-corrected chi connectivity index (χ0v) is 26.7. The lowest BCUT2D eigenvalue weighted by molar-refractivity contribution is 0.409. The van der Waals surface area contributed by atoms with Crippen molar-refractivity contribution in [2.24, 2.45) is 4.99 Å². The molecule has 5 nitrogen and oxygen atoms in total. The van der Waals surface area contributed by atoms with Crippen LogP contribution in [0.25, 0.3) is 60.5 Å². The van der Waals surface area contributed by atoms with Crippen LogP contribution >= 0.6 is 0 Å². The summed E-state index contributed by atoms with van der Waals surface area (Å²) in [7, 11) is 0. The molecule has 0 saturated carbocycles. The van der Waals surface area contributed by atoms with Crippen LogP contribution in [0.3, 0.4) is 0 Å². The van der Waals surface area contributed by atoms with Gasteiger partial charge in [0.2, 0.25) is 5.88 Å². The molecule has 2 atom stereocenters. The molecule has 2 aliphatic heterocycles. The first-order chi connectivity index (χ1) is 24.3. The molecule has 8 aromatic rings. The van der Waals surface area contributed by atoms with Crippen molar-refractivity contribution in [3.63, 3.8) is 0 Å². The summed E-state index contributed by atoms with van der Waals surface area (Å²) in [6.07, 6.45) is 3.91. The summed E-state index contributed by atoms with van der Waals surface area (Å²) in [6.45, 7) is 0.768. The Morgan fingerprint density at radius 1 is 0.592 bits per heavy atom. The molecule has 10 rings (SSSR count). The number of rotatable bonds is 4. The van der Waals surface area contributed by atoms with Crippen LogP contribution in [0.2, 0.25) is 0 Å². The molecule has 0 bridgehead atoms. The Kier molecular flexibility index (Phi) is 6.39. The molecule has 0 aliphatic carbocycles. The summed E-state index contributed by atoms with van der Waals surface area (Å²) in [4.78, 5) is 5.38. The highest BCUT2D eigenvalue weighted by Gasteiger charge is 2.27. The van der Waals surface area contributed by atoms with Gasteiger partial charge in [-0.15, -0.1) is 0 Å². The standard InChI is InChI=1S/C44H32N4O/c1-3-11-29-25-31(22-20-27(29)9-1)41-46-42(32-23-21-28-10-2-4-12-30(28)26-32)48-43(47-41)37-17-6-13-33-34(14-5-15-35(33)37)36-16-7-19-39-40(36)38-18-8-24-45-44(38)49-39/h1-23,25-26,41-42,45-46H,24H2,(H,47,48). The number of fused-ring (bicyclic) bond motifs is 6. The largest absolute Gasteiger partial charge is 0.440 e. The maximum Gasteiger partial charge on any atom is 0.201 e. The summed E-state index contributed by atoms with van der Waals surface area (Å²) in [5, 5.41) is 19.3. The number of anilines is 1. The molecule has 1 aromatic heterocycles. The van der Waals surface area contributed by atoms with Gasteiger partial charge in [-0.2, -0.15) is 0 Å². The predicted molar refractivity (Wildman–Crippen MR) is 203 cm³/mol. The van der Waals surface area contributed by atoms with Gasteiger partial charge in [0.05, 0.1) is 0 Å². The number of nitrogens with one attached hydrogen (secondary N) is 3. The number of aliphatic imine (C=N–C) groups is 1. The van der Waals surface area contributed by atoms with Gasteiger partial charge in [0.15, 0.2) is 0 Å². The fourth-order valence-electron chi connectivity index (χ4n) is 7.57. The van der Waals surface area contributed by atoms with Gasteiger partial charge in [0, 0.05) is 23.1 Å². The third kappa shape index (κ3) is 4.70. The van der Waals surface area contributed by atoms with E-state index in [9.17, 15) is 0 Å². The van der Waals surface area contributed by atoms with Gasteiger partial charge < -0.3 is 15.1 Å². The molecule has 2 aliphatic rings. The lowest BCUT2D eigenvalue weighted by Crippen LogP contribution is -2.45. The van der Waals surface area contributed by atoms with E-state index in [1.54, 1.807) is 0 Å². The number of amidine groups is 1. The average molecular weight is 633 g/mol. The SMILES string of the molecule is C1=Cc2c(oc3cccc(-c4cccc5c(C6=NC(c7ccc8ccccc8c7)NC(c7ccc8ccccc8c7)N6)cccc45)c23)NC1. The number of nitrogens with zero attached hydrogens (tertiary/aromatic N) is 1. The quantitative estimate of drug-likeness (QED) is 0.181. The van der Waals surface area contributed by atoms with Crippen molar-refractivity contribution in [2.45, 2.75) is 12.3 Å². The van der Waals surface area contributed by atoms with E-state index < -0.39 is 0 Å². The summed E-state index contributed by atoms with van der Waals surface area (Å²) in [5.74, 6) is 1.70. The number of furan rings is 1. The van der Waals surface area contributed by atoms with Gasteiger partial charge in [-0.3, -0.25) is 5.32 Å². The molecule has 234 valence electrons. The van der Waals surface area contributed by atoms with Crippen LogP contribution in [-0.4, -0.2) is 12.4 Å². The Labute approximate surface area is 283 Å². The van der Waals surface area contributed by atoms with E-state index in [1.807, 2.05) is 0 Å². The van der Waals surface area contributed by atoms with Crippen molar-refractivity contribution in [1.82, 2.24) is 10.6 Å². The van der Waals surface area contributed by atoms with Crippen molar-refractivity contribution in [3.8, 4) is 11.1 Å². The molecule has 5 heteroatoms. The second kappa shape index (κ2) is 11.2. The Morgan fingerprint density at radius 2 is 1.24 bits per heavy atom. The maximum atomic E-state index is 6.25. The Morgan fingerprint density at radius 3 is 2.04 bits per heavy atom. The smallest absolute Gasteiger partial charge is 0.201 e. The highest BCUT2D eigenvalue weighted by molar-refractivity contribution is 6.15. The zero-order chi connectivity index (χ0) is 32.3. The topological polar surface area (TPSA) is 61.6 Å². The molecule has 0 fully saturated rings. The number of hydrogen-bond donors (Lipinski definition) is 3. The van der Waals surface area contributed by atoms with E-state index in [-0.39, 0.29) is 12.3 Å². The van der Waals surface area contributed by atoms with Crippen molar-refractivity contribution < 1.29 is 4.42 Å². The maximum absolute atomic E-state index is 6.25. The molecule has 7 aromatic carbocycles. The highest BCUT2D eigenvalue weighted by atomic mass is 16.3. The summed E-state index contributed by atoms with van der Waals surface area (Å²) >= 11 is 0. The summed E-state index contributed by atoms with van der Waals surface area (Å²) in [5.41, 5.74) is 7.67. The molecular weight excluding hydrogens is 601 g/mol. The van der Waals surface area contributed by atoms with E-state index in [4.69, 9.17) is 9.41 Å². The summed E-state index contributed by atoms with van der Waals surface area (Å²) in [6, 6.07) is 49.8. The average Bonchev–Trinajstić information content (AvgIpc) is 3.56. The highest BCUT2D eigenvalue weighted by Crippen LogP contribution is 2.42. The second-order valence-electron chi connectivity index (χ2n) is 12.9.